The molecule has 3 aromatic carbocycles. The predicted octanol–water partition coefficient (Wildman–Crippen LogP) is 5.50. The fourth-order valence-corrected chi connectivity index (χ4v) is 4.27. The molecule has 0 heterocycles. The van der Waals surface area contributed by atoms with Gasteiger partial charge in [0.1, 0.15) is 11.6 Å². The molecule has 4 rings (SSSR count). The van der Waals surface area contributed by atoms with Crippen molar-refractivity contribution >= 4 is 16.6 Å². The van der Waals surface area contributed by atoms with Gasteiger partial charge in [-0.25, -0.2) is 4.39 Å². The number of hydrogen-bond donors (Lipinski definition) is 0. The lowest BCUT2D eigenvalue weighted by Crippen LogP contribution is -2.09. The quantitative estimate of drug-likeness (QED) is 0.617. The summed E-state index contributed by atoms with van der Waals surface area (Å²) < 4.78 is 13.8. The van der Waals surface area contributed by atoms with Crippen molar-refractivity contribution in [3.8, 4) is 0 Å². The molecule has 25 heavy (non-hydrogen) atoms. The van der Waals surface area contributed by atoms with Gasteiger partial charge in [-0.05, 0) is 77.4 Å². The maximum absolute atomic E-state index is 13.8. The van der Waals surface area contributed by atoms with Crippen LogP contribution in [0.15, 0.2) is 48.5 Å². The number of rotatable bonds is 4. The summed E-state index contributed by atoms with van der Waals surface area (Å²) in [6.07, 6.45) is 2.51. The second kappa shape index (κ2) is 6.11. The van der Waals surface area contributed by atoms with Gasteiger partial charge in [0.05, 0.1) is 0 Å². The Hall–Kier alpha value is -2.48. The van der Waals surface area contributed by atoms with Crippen LogP contribution in [-0.2, 0) is 17.6 Å². The lowest BCUT2D eigenvalue weighted by atomic mass is 9.82. The molecule has 1 nitrogen and oxygen atoms in total. The van der Waals surface area contributed by atoms with Crippen LogP contribution in [0.25, 0.3) is 10.8 Å². The van der Waals surface area contributed by atoms with E-state index >= 15 is 0 Å². The van der Waals surface area contributed by atoms with Crippen molar-refractivity contribution in [2.75, 3.05) is 0 Å². The summed E-state index contributed by atoms with van der Waals surface area (Å²) in [5.74, 6) is -0.228. The van der Waals surface area contributed by atoms with Crippen LogP contribution in [0.3, 0.4) is 0 Å². The van der Waals surface area contributed by atoms with E-state index in [-0.39, 0.29) is 17.5 Å². The zero-order valence-corrected chi connectivity index (χ0v) is 14.6. The lowest BCUT2D eigenvalue weighted by molar-refractivity contribution is -0.117. The summed E-state index contributed by atoms with van der Waals surface area (Å²) in [4.78, 5) is 11.9. The minimum absolute atomic E-state index is 0.0990. The van der Waals surface area contributed by atoms with Gasteiger partial charge in [-0.1, -0.05) is 36.4 Å². The molecule has 0 saturated heterocycles. The zero-order valence-electron chi connectivity index (χ0n) is 14.6. The number of hydrogen-bond acceptors (Lipinski definition) is 1. The Morgan fingerprint density at radius 3 is 2.60 bits per heavy atom. The third-order valence-corrected chi connectivity index (χ3v) is 5.42. The molecule has 0 saturated carbocycles. The van der Waals surface area contributed by atoms with Gasteiger partial charge < -0.3 is 0 Å². The van der Waals surface area contributed by atoms with Gasteiger partial charge in [-0.2, -0.15) is 0 Å². The van der Waals surface area contributed by atoms with Crippen LogP contribution in [-0.4, -0.2) is 5.78 Å². The summed E-state index contributed by atoms with van der Waals surface area (Å²) in [6, 6.07) is 15.4. The molecule has 0 fully saturated rings. The number of Topliss-reactive ketones (excluding diaryl/α,β-unsaturated/α-hetero) is 1. The lowest BCUT2D eigenvalue weighted by Gasteiger charge is -2.21. The van der Waals surface area contributed by atoms with Crippen LogP contribution in [0.2, 0.25) is 0 Å². The molecule has 0 spiro atoms. The van der Waals surface area contributed by atoms with E-state index in [0.29, 0.717) is 6.42 Å². The fourth-order valence-electron chi connectivity index (χ4n) is 4.27. The molecule has 0 radical (unpaired) electrons. The highest BCUT2D eigenvalue weighted by Crippen LogP contribution is 2.39. The maximum Gasteiger partial charge on any atom is 0.130 e. The summed E-state index contributed by atoms with van der Waals surface area (Å²) >= 11 is 0. The molecule has 1 aliphatic rings. The molecule has 0 bridgehead atoms. The van der Waals surface area contributed by atoms with Gasteiger partial charge in [0.2, 0.25) is 0 Å². The van der Waals surface area contributed by atoms with Crippen LogP contribution < -0.4 is 0 Å². The first-order chi connectivity index (χ1) is 12.0. The van der Waals surface area contributed by atoms with Gasteiger partial charge >= 0.3 is 0 Å². The second-order valence-corrected chi connectivity index (χ2v) is 7.10. The SMILES string of the molecule is CC(=O)CC(c1cccc(F)c1)c1cc2c3c(cccc3c1C)CC2. The molecular weight excluding hydrogens is 311 g/mol. The minimum Gasteiger partial charge on any atom is -0.300 e. The first kappa shape index (κ1) is 16.0. The highest BCUT2D eigenvalue weighted by molar-refractivity contribution is 5.94. The van der Waals surface area contributed by atoms with E-state index in [1.807, 2.05) is 6.07 Å². The smallest absolute Gasteiger partial charge is 0.130 e. The molecule has 0 amide bonds. The highest BCUT2D eigenvalue weighted by Gasteiger charge is 2.24. The third kappa shape index (κ3) is 2.76. The molecule has 1 aliphatic carbocycles. The van der Waals surface area contributed by atoms with Crippen molar-refractivity contribution in [2.45, 2.75) is 39.0 Å². The van der Waals surface area contributed by atoms with Crippen LogP contribution in [0.5, 0.6) is 0 Å². The summed E-state index contributed by atoms with van der Waals surface area (Å²) in [6.45, 7) is 3.74. The second-order valence-electron chi connectivity index (χ2n) is 7.10. The van der Waals surface area contributed by atoms with Crippen molar-refractivity contribution in [1.82, 2.24) is 0 Å². The molecule has 126 valence electrons. The van der Waals surface area contributed by atoms with Crippen LogP contribution in [0.1, 0.15) is 47.1 Å². The van der Waals surface area contributed by atoms with E-state index in [4.69, 9.17) is 0 Å². The van der Waals surface area contributed by atoms with E-state index in [0.717, 1.165) is 24.0 Å². The van der Waals surface area contributed by atoms with Gasteiger partial charge in [-0.15, -0.1) is 0 Å². The molecule has 3 aromatic rings. The molecule has 0 aliphatic heterocycles. The highest BCUT2D eigenvalue weighted by atomic mass is 19.1. The van der Waals surface area contributed by atoms with E-state index in [1.165, 1.54) is 33.5 Å². The van der Waals surface area contributed by atoms with Crippen molar-refractivity contribution in [2.24, 2.45) is 0 Å². The topological polar surface area (TPSA) is 17.1 Å². The van der Waals surface area contributed by atoms with E-state index in [2.05, 4.69) is 31.2 Å². The monoisotopic (exact) mass is 332 g/mol. The summed E-state index contributed by atoms with van der Waals surface area (Å²) in [7, 11) is 0. The van der Waals surface area contributed by atoms with Gasteiger partial charge in [-0.3, -0.25) is 4.79 Å². The molecule has 0 aromatic heterocycles. The van der Waals surface area contributed by atoms with E-state index in [9.17, 15) is 9.18 Å². The number of ketones is 1. The number of benzene rings is 3. The third-order valence-electron chi connectivity index (χ3n) is 5.42. The average molecular weight is 332 g/mol. The zero-order chi connectivity index (χ0) is 17.6. The molecule has 1 atom stereocenters. The minimum atomic E-state index is -0.253. The van der Waals surface area contributed by atoms with Crippen LogP contribution >= 0.6 is 0 Å². The molecule has 1 unspecified atom stereocenters. The normalized spacial score (nSPS) is 14.0. The Balaban J connectivity index is 1.94. The van der Waals surface area contributed by atoms with Crippen LogP contribution in [0, 0.1) is 12.7 Å². The number of halogens is 1. The molecule has 0 N–H and O–H groups in total. The van der Waals surface area contributed by atoms with Gasteiger partial charge in [0.15, 0.2) is 0 Å². The van der Waals surface area contributed by atoms with Crippen molar-refractivity contribution in [1.29, 1.82) is 0 Å². The van der Waals surface area contributed by atoms with E-state index in [1.54, 1.807) is 19.1 Å². The van der Waals surface area contributed by atoms with Crippen molar-refractivity contribution in [3.63, 3.8) is 0 Å². The Labute approximate surface area is 147 Å². The number of carbonyl (C=O) groups is 1. The number of aryl methyl sites for hydroxylation is 3. The molecular formula is C23H21FO. The Morgan fingerprint density at radius 2 is 1.84 bits per heavy atom. The predicted molar refractivity (Wildman–Crippen MR) is 99.6 cm³/mol. The fraction of sp³-hybridized carbons (Fsp3) is 0.261. The summed E-state index contributed by atoms with van der Waals surface area (Å²) in [5, 5.41) is 2.65. The Kier molecular flexibility index (Phi) is 3.91. The van der Waals surface area contributed by atoms with Crippen molar-refractivity contribution < 1.29 is 9.18 Å². The maximum atomic E-state index is 13.8. The van der Waals surface area contributed by atoms with Crippen molar-refractivity contribution in [3.05, 3.63) is 82.2 Å². The van der Waals surface area contributed by atoms with E-state index < -0.39 is 0 Å². The standard InChI is InChI=1S/C23H21FO/c1-14(25)11-22(17-6-3-7-19(24)12-17)21-13-18-10-9-16-5-4-8-20(15(21)2)23(16)18/h3-8,12-13,22H,9-11H2,1-2H3. The largest absolute Gasteiger partial charge is 0.300 e. The van der Waals surface area contributed by atoms with Gasteiger partial charge in [0.25, 0.3) is 0 Å². The first-order valence-corrected chi connectivity index (χ1v) is 8.83. The Bertz CT molecular complexity index is 987. The first-order valence-electron chi connectivity index (χ1n) is 8.83. The summed E-state index contributed by atoms with van der Waals surface area (Å²) in [5.41, 5.74) is 6.01. The van der Waals surface area contributed by atoms with Gasteiger partial charge in [0, 0.05) is 12.3 Å². The average Bonchev–Trinajstić information content (AvgIpc) is 3.00. The Morgan fingerprint density at radius 1 is 1.08 bits per heavy atom. The van der Waals surface area contributed by atoms with Crippen LogP contribution in [0.4, 0.5) is 4.39 Å². The number of carbonyl (C=O) groups excluding carboxylic acids is 1. The molecule has 2 heteroatoms.